The van der Waals surface area contributed by atoms with Crippen molar-refractivity contribution >= 4 is 23.3 Å². The number of anilines is 1. The molecule has 1 aromatic rings. The molecule has 0 aromatic heterocycles. The number of ether oxygens (including phenoxy) is 1. The predicted molar refractivity (Wildman–Crippen MR) is 75.0 cm³/mol. The highest BCUT2D eigenvalue weighted by Gasteiger charge is 2.26. The van der Waals surface area contributed by atoms with Crippen LogP contribution in [0.5, 0.6) is 5.75 Å². The summed E-state index contributed by atoms with van der Waals surface area (Å²) in [4.78, 5) is 10.9. The van der Waals surface area contributed by atoms with E-state index in [1.807, 2.05) is 12.1 Å². The molecule has 0 unspecified atom stereocenters. The summed E-state index contributed by atoms with van der Waals surface area (Å²) in [7, 11) is 1.62. The first kappa shape index (κ1) is 14.0. The third kappa shape index (κ3) is 3.53. The second-order valence-corrected chi connectivity index (χ2v) is 5.31. The average Bonchev–Trinajstić information content (AvgIpc) is 2.39. The number of hydrogen-bond donors (Lipinski definition) is 2. The van der Waals surface area contributed by atoms with Gasteiger partial charge in [-0.3, -0.25) is 4.79 Å². The van der Waals surface area contributed by atoms with Crippen LogP contribution in [-0.4, -0.2) is 24.2 Å². The molecule has 5 heteroatoms. The van der Waals surface area contributed by atoms with E-state index in [-0.39, 0.29) is 12.0 Å². The summed E-state index contributed by atoms with van der Waals surface area (Å²) in [5.41, 5.74) is 0.869. The number of nitrogens with one attached hydrogen (secondary N) is 1. The van der Waals surface area contributed by atoms with E-state index in [0.717, 1.165) is 37.1 Å². The Kier molecular flexibility index (Phi) is 4.53. The molecule has 2 rings (SSSR count). The Balaban J connectivity index is 1.99. The third-order valence-corrected chi connectivity index (χ3v) is 3.83. The molecule has 0 aliphatic heterocycles. The van der Waals surface area contributed by atoms with Crippen molar-refractivity contribution in [2.75, 3.05) is 12.4 Å². The minimum Gasteiger partial charge on any atom is -0.495 e. The molecule has 1 aliphatic carbocycles. The van der Waals surface area contributed by atoms with Gasteiger partial charge in [-0.15, -0.1) is 0 Å². The van der Waals surface area contributed by atoms with Gasteiger partial charge in [0.15, 0.2) is 0 Å². The lowest BCUT2D eigenvalue weighted by Crippen LogP contribution is -2.29. The zero-order valence-electron chi connectivity index (χ0n) is 10.9. The lowest BCUT2D eigenvalue weighted by Gasteiger charge is -2.28. The Bertz CT molecular complexity index is 456. The summed E-state index contributed by atoms with van der Waals surface area (Å²) >= 11 is 5.98. The second kappa shape index (κ2) is 6.15. The van der Waals surface area contributed by atoms with Gasteiger partial charge >= 0.3 is 5.97 Å². The monoisotopic (exact) mass is 283 g/mol. The van der Waals surface area contributed by atoms with Gasteiger partial charge in [-0.2, -0.15) is 0 Å². The normalized spacial score (nSPS) is 22.8. The van der Waals surface area contributed by atoms with Gasteiger partial charge in [0, 0.05) is 11.1 Å². The van der Waals surface area contributed by atoms with Crippen molar-refractivity contribution in [2.24, 2.45) is 5.92 Å². The smallest absolute Gasteiger partial charge is 0.306 e. The zero-order valence-corrected chi connectivity index (χ0v) is 11.6. The highest BCUT2D eigenvalue weighted by molar-refractivity contribution is 6.30. The molecular formula is C14H18ClNO3. The maximum atomic E-state index is 10.9. The van der Waals surface area contributed by atoms with Crippen molar-refractivity contribution in [1.82, 2.24) is 0 Å². The van der Waals surface area contributed by atoms with Crippen LogP contribution in [0.25, 0.3) is 0 Å². The number of hydrogen-bond acceptors (Lipinski definition) is 3. The summed E-state index contributed by atoms with van der Waals surface area (Å²) in [6.07, 6.45) is 3.14. The number of rotatable bonds is 4. The van der Waals surface area contributed by atoms with Gasteiger partial charge < -0.3 is 15.2 Å². The SMILES string of the molecule is COc1ccc(Cl)cc1NC1CCC(C(=O)O)CC1. The molecule has 1 fully saturated rings. The lowest BCUT2D eigenvalue weighted by atomic mass is 9.86. The Labute approximate surface area is 117 Å². The fourth-order valence-electron chi connectivity index (χ4n) is 2.50. The Morgan fingerprint density at radius 1 is 1.37 bits per heavy atom. The summed E-state index contributed by atoms with van der Waals surface area (Å²) in [5.74, 6) is -0.122. The van der Waals surface area contributed by atoms with Gasteiger partial charge in [-0.25, -0.2) is 0 Å². The fraction of sp³-hybridized carbons (Fsp3) is 0.500. The number of benzene rings is 1. The number of carboxylic acids is 1. The van der Waals surface area contributed by atoms with E-state index in [2.05, 4.69) is 5.32 Å². The van der Waals surface area contributed by atoms with Crippen LogP contribution < -0.4 is 10.1 Å². The maximum Gasteiger partial charge on any atom is 0.306 e. The molecule has 0 saturated heterocycles. The Hall–Kier alpha value is -1.42. The van der Waals surface area contributed by atoms with Gasteiger partial charge in [-0.05, 0) is 43.9 Å². The molecule has 1 saturated carbocycles. The van der Waals surface area contributed by atoms with E-state index in [1.165, 1.54) is 0 Å². The Morgan fingerprint density at radius 3 is 2.63 bits per heavy atom. The van der Waals surface area contributed by atoms with Crippen molar-refractivity contribution in [1.29, 1.82) is 0 Å². The quantitative estimate of drug-likeness (QED) is 0.889. The first-order valence-electron chi connectivity index (χ1n) is 6.43. The highest BCUT2D eigenvalue weighted by atomic mass is 35.5. The number of carboxylic acid groups (broad SMARTS) is 1. The zero-order chi connectivity index (χ0) is 13.8. The predicted octanol–water partition coefficient (Wildman–Crippen LogP) is 3.40. The first-order valence-corrected chi connectivity index (χ1v) is 6.81. The molecule has 0 heterocycles. The number of halogens is 1. The number of methoxy groups -OCH3 is 1. The van der Waals surface area contributed by atoms with E-state index in [4.69, 9.17) is 21.4 Å². The topological polar surface area (TPSA) is 58.6 Å². The minimum absolute atomic E-state index is 0.195. The molecule has 19 heavy (non-hydrogen) atoms. The molecule has 0 amide bonds. The van der Waals surface area contributed by atoms with Crippen LogP contribution in [-0.2, 0) is 4.79 Å². The van der Waals surface area contributed by atoms with E-state index in [0.29, 0.717) is 5.02 Å². The molecule has 104 valence electrons. The van der Waals surface area contributed by atoms with Gasteiger partial charge in [0.2, 0.25) is 0 Å². The molecular weight excluding hydrogens is 266 g/mol. The van der Waals surface area contributed by atoms with Crippen molar-refractivity contribution in [3.05, 3.63) is 23.2 Å². The van der Waals surface area contributed by atoms with Gasteiger partial charge in [-0.1, -0.05) is 11.6 Å². The largest absolute Gasteiger partial charge is 0.495 e. The number of carbonyl (C=O) groups is 1. The van der Waals surface area contributed by atoms with Crippen LogP contribution in [0.15, 0.2) is 18.2 Å². The average molecular weight is 284 g/mol. The molecule has 0 radical (unpaired) electrons. The van der Waals surface area contributed by atoms with E-state index < -0.39 is 5.97 Å². The van der Waals surface area contributed by atoms with Crippen LogP contribution in [0.4, 0.5) is 5.69 Å². The van der Waals surface area contributed by atoms with Crippen LogP contribution in [0.1, 0.15) is 25.7 Å². The summed E-state index contributed by atoms with van der Waals surface area (Å²) < 4.78 is 5.29. The summed E-state index contributed by atoms with van der Waals surface area (Å²) in [5, 5.41) is 13.0. The highest BCUT2D eigenvalue weighted by Crippen LogP contribution is 2.32. The summed E-state index contributed by atoms with van der Waals surface area (Å²) in [6.45, 7) is 0. The van der Waals surface area contributed by atoms with Crippen LogP contribution in [0.2, 0.25) is 5.02 Å². The van der Waals surface area contributed by atoms with Crippen molar-refractivity contribution in [3.63, 3.8) is 0 Å². The van der Waals surface area contributed by atoms with E-state index in [1.54, 1.807) is 13.2 Å². The molecule has 0 spiro atoms. The maximum absolute atomic E-state index is 10.9. The fourth-order valence-corrected chi connectivity index (χ4v) is 2.67. The molecule has 4 nitrogen and oxygen atoms in total. The van der Waals surface area contributed by atoms with Crippen molar-refractivity contribution in [3.8, 4) is 5.75 Å². The number of aliphatic carboxylic acids is 1. The minimum atomic E-state index is -0.682. The second-order valence-electron chi connectivity index (χ2n) is 4.88. The third-order valence-electron chi connectivity index (χ3n) is 3.60. The van der Waals surface area contributed by atoms with Gasteiger partial charge in [0.25, 0.3) is 0 Å². The lowest BCUT2D eigenvalue weighted by molar-refractivity contribution is -0.142. The van der Waals surface area contributed by atoms with E-state index in [9.17, 15) is 4.79 Å². The molecule has 2 N–H and O–H groups in total. The van der Waals surface area contributed by atoms with Crippen molar-refractivity contribution < 1.29 is 14.6 Å². The molecule has 1 aromatic carbocycles. The molecule has 0 atom stereocenters. The van der Waals surface area contributed by atoms with Crippen LogP contribution in [0.3, 0.4) is 0 Å². The standard InChI is InChI=1S/C14H18ClNO3/c1-19-13-7-4-10(15)8-12(13)16-11-5-2-9(3-6-11)14(17)18/h4,7-9,11,16H,2-3,5-6H2,1H3,(H,17,18). The van der Waals surface area contributed by atoms with E-state index >= 15 is 0 Å². The molecule has 1 aliphatic rings. The van der Waals surface area contributed by atoms with Crippen LogP contribution >= 0.6 is 11.6 Å². The first-order chi connectivity index (χ1) is 9.10. The molecule has 0 bridgehead atoms. The van der Waals surface area contributed by atoms with Gasteiger partial charge in [0.05, 0.1) is 18.7 Å². The van der Waals surface area contributed by atoms with Gasteiger partial charge in [0.1, 0.15) is 5.75 Å². The summed E-state index contributed by atoms with van der Waals surface area (Å²) in [6, 6.07) is 5.73. The van der Waals surface area contributed by atoms with Crippen molar-refractivity contribution in [2.45, 2.75) is 31.7 Å². The Morgan fingerprint density at radius 2 is 2.05 bits per heavy atom. The van der Waals surface area contributed by atoms with Crippen LogP contribution in [0, 0.1) is 5.92 Å².